The lowest BCUT2D eigenvalue weighted by Gasteiger charge is -2.23. The molecule has 0 spiro atoms. The highest BCUT2D eigenvalue weighted by Gasteiger charge is 2.38. The summed E-state index contributed by atoms with van der Waals surface area (Å²) in [6.07, 6.45) is -6.55. The Morgan fingerprint density at radius 2 is 1.90 bits per heavy atom. The first-order valence-electron chi connectivity index (χ1n) is 11.9. The summed E-state index contributed by atoms with van der Waals surface area (Å²) in [7, 11) is -2.68. The molecule has 1 N–H and O–H groups in total. The minimum absolute atomic E-state index is 0.0133. The van der Waals surface area contributed by atoms with Crippen molar-refractivity contribution >= 4 is 27.6 Å². The van der Waals surface area contributed by atoms with Gasteiger partial charge < -0.3 is 9.47 Å². The van der Waals surface area contributed by atoms with Crippen LogP contribution < -0.4 is 14.2 Å². The van der Waals surface area contributed by atoms with Gasteiger partial charge in [-0.25, -0.2) is 8.60 Å². The van der Waals surface area contributed by atoms with Crippen molar-refractivity contribution in [2.45, 2.75) is 25.4 Å². The standard InChI is InChI=1S/C26H25F7N2O4S/c1-40(2,37)34-24(36)16-5-6-35(12-16)11-15-7-20-22(27)9-19(10-23(20)39-13-15)38-14-17-3-4-18(25(28,29)30)8-21(17)26(31,32)33/h3-4,7-10,16H,1,5-6,11-14H2,2H3,(H,34,36,37). The third kappa shape index (κ3) is 7.27. The molecule has 2 aromatic carbocycles. The molecule has 14 heteroatoms. The molecule has 0 aliphatic carbocycles. The molecule has 2 aliphatic rings. The molecule has 2 unspecified atom stereocenters. The average molecular weight is 595 g/mol. The van der Waals surface area contributed by atoms with E-state index >= 15 is 0 Å². The summed E-state index contributed by atoms with van der Waals surface area (Å²) < 4.78 is 119. The van der Waals surface area contributed by atoms with E-state index < -0.39 is 51.2 Å². The zero-order valence-electron chi connectivity index (χ0n) is 21.1. The van der Waals surface area contributed by atoms with Gasteiger partial charge in [-0.2, -0.15) is 26.3 Å². The number of carbonyl (C=O) groups is 1. The molecule has 2 aliphatic heterocycles. The Kier molecular flexibility index (Phi) is 8.14. The molecular weight excluding hydrogens is 569 g/mol. The van der Waals surface area contributed by atoms with Gasteiger partial charge >= 0.3 is 12.4 Å². The van der Waals surface area contributed by atoms with E-state index in [-0.39, 0.29) is 41.6 Å². The Hall–Kier alpha value is -3.26. The van der Waals surface area contributed by atoms with Gasteiger partial charge in [-0.3, -0.25) is 14.4 Å². The Bertz CT molecular complexity index is 1440. The first-order valence-corrected chi connectivity index (χ1v) is 14.1. The van der Waals surface area contributed by atoms with Crippen molar-refractivity contribution in [3.63, 3.8) is 0 Å². The van der Waals surface area contributed by atoms with E-state index in [0.717, 1.165) is 11.6 Å². The first kappa shape index (κ1) is 29.7. The number of benzene rings is 2. The van der Waals surface area contributed by atoms with Crippen LogP contribution >= 0.6 is 0 Å². The number of hydrogen-bond donors (Lipinski definition) is 1. The number of alkyl halides is 6. The highest BCUT2D eigenvalue weighted by Crippen LogP contribution is 2.38. The maximum absolute atomic E-state index is 14.9. The quantitative estimate of drug-likeness (QED) is 0.365. The molecule has 0 bridgehead atoms. The number of hydrogen-bond acceptors (Lipinski definition) is 5. The predicted octanol–water partition coefficient (Wildman–Crippen LogP) is 4.92. The summed E-state index contributed by atoms with van der Waals surface area (Å²) in [6, 6.07) is 3.46. The number of ether oxygens (including phenoxy) is 2. The van der Waals surface area contributed by atoms with Crippen LogP contribution in [0.4, 0.5) is 30.7 Å². The third-order valence-electron chi connectivity index (χ3n) is 6.35. The van der Waals surface area contributed by atoms with Crippen LogP contribution in [0.3, 0.4) is 0 Å². The van der Waals surface area contributed by atoms with E-state index in [1.807, 2.05) is 4.90 Å². The van der Waals surface area contributed by atoms with Gasteiger partial charge in [0, 0.05) is 46.7 Å². The van der Waals surface area contributed by atoms with Crippen LogP contribution in [-0.2, 0) is 33.5 Å². The summed E-state index contributed by atoms with van der Waals surface area (Å²) in [5.41, 5.74) is -2.67. The Labute approximate surface area is 225 Å². The SMILES string of the molecule is C=S(C)(=O)NC(=O)C1CCN(CC2=Cc3c(F)cc(OCc4ccc(C(F)(F)F)cc4C(F)(F)F)cc3OC2)C1. The summed E-state index contributed by atoms with van der Waals surface area (Å²) in [4.78, 5) is 14.2. The molecular formula is C26H25F7N2O4S. The smallest absolute Gasteiger partial charge is 0.416 e. The molecule has 2 heterocycles. The average Bonchev–Trinajstić information content (AvgIpc) is 3.29. The van der Waals surface area contributed by atoms with Crippen molar-refractivity contribution in [2.24, 2.45) is 5.92 Å². The number of carbonyl (C=O) groups excluding carboxylic acids is 1. The molecule has 2 atom stereocenters. The number of halogens is 7. The van der Waals surface area contributed by atoms with E-state index in [2.05, 4.69) is 10.6 Å². The van der Waals surface area contributed by atoms with E-state index in [0.29, 0.717) is 38.2 Å². The molecule has 4 rings (SSSR count). The van der Waals surface area contributed by atoms with Crippen LogP contribution in [0.2, 0.25) is 0 Å². The number of likely N-dealkylation sites (tertiary alicyclic amines) is 1. The molecule has 0 aromatic heterocycles. The second-order valence-corrected chi connectivity index (χ2v) is 12.0. The maximum atomic E-state index is 14.9. The maximum Gasteiger partial charge on any atom is 0.416 e. The van der Waals surface area contributed by atoms with Crippen molar-refractivity contribution < 1.29 is 49.2 Å². The van der Waals surface area contributed by atoms with Crippen LogP contribution in [0, 0.1) is 11.7 Å². The lowest BCUT2D eigenvalue weighted by atomic mass is 10.0. The largest absolute Gasteiger partial charge is 0.489 e. The van der Waals surface area contributed by atoms with Crippen molar-refractivity contribution in [1.29, 1.82) is 0 Å². The van der Waals surface area contributed by atoms with Crippen LogP contribution in [0.15, 0.2) is 35.9 Å². The molecule has 1 saturated heterocycles. The molecule has 218 valence electrons. The highest BCUT2D eigenvalue weighted by molar-refractivity contribution is 7.98. The summed E-state index contributed by atoms with van der Waals surface area (Å²) in [5, 5.41) is 0. The van der Waals surface area contributed by atoms with Gasteiger partial charge in [0.05, 0.1) is 22.6 Å². The summed E-state index contributed by atoms with van der Waals surface area (Å²) in [5.74, 6) is 1.87. The molecule has 2 aromatic rings. The molecule has 1 fully saturated rings. The first-order chi connectivity index (χ1) is 18.5. The monoisotopic (exact) mass is 594 g/mol. The topological polar surface area (TPSA) is 67.9 Å². The molecule has 40 heavy (non-hydrogen) atoms. The molecule has 0 radical (unpaired) electrons. The van der Waals surface area contributed by atoms with Crippen LogP contribution in [0.1, 0.15) is 28.7 Å². The van der Waals surface area contributed by atoms with Gasteiger partial charge in [0.2, 0.25) is 5.91 Å². The van der Waals surface area contributed by atoms with Crippen LogP contribution in [0.25, 0.3) is 6.08 Å². The van der Waals surface area contributed by atoms with Gasteiger partial charge in [-0.1, -0.05) is 6.07 Å². The van der Waals surface area contributed by atoms with Crippen molar-refractivity contribution in [2.75, 3.05) is 32.5 Å². The fourth-order valence-corrected chi connectivity index (χ4v) is 5.09. The number of nitrogens with zero attached hydrogens (tertiary/aromatic N) is 1. The predicted molar refractivity (Wildman–Crippen MR) is 135 cm³/mol. The highest BCUT2D eigenvalue weighted by atomic mass is 32.2. The normalized spacial score (nSPS) is 19.3. The van der Waals surface area contributed by atoms with Gasteiger partial charge in [0.1, 0.15) is 30.5 Å². The summed E-state index contributed by atoms with van der Waals surface area (Å²) >= 11 is 0. The van der Waals surface area contributed by atoms with Gasteiger partial charge in [0.15, 0.2) is 0 Å². The van der Waals surface area contributed by atoms with E-state index in [1.165, 1.54) is 12.3 Å². The zero-order chi connectivity index (χ0) is 29.5. The molecule has 6 nitrogen and oxygen atoms in total. The fourth-order valence-electron chi connectivity index (χ4n) is 4.50. The lowest BCUT2D eigenvalue weighted by molar-refractivity contribution is -0.143. The number of nitrogens with one attached hydrogen (secondary N) is 1. The Morgan fingerprint density at radius 3 is 2.55 bits per heavy atom. The third-order valence-corrected chi connectivity index (χ3v) is 6.98. The minimum Gasteiger partial charge on any atom is -0.489 e. The minimum atomic E-state index is -5.06. The second kappa shape index (κ2) is 11.0. The molecule has 1 amide bonds. The number of amides is 1. The summed E-state index contributed by atoms with van der Waals surface area (Å²) in [6.45, 7) is 0.716. The van der Waals surface area contributed by atoms with Gasteiger partial charge in [0.25, 0.3) is 0 Å². The van der Waals surface area contributed by atoms with Crippen molar-refractivity contribution in [3.05, 3.63) is 64.0 Å². The lowest BCUT2D eigenvalue weighted by Crippen LogP contribution is -2.36. The van der Waals surface area contributed by atoms with Crippen molar-refractivity contribution in [3.8, 4) is 11.5 Å². The fraction of sp³-hybridized carbons (Fsp3) is 0.385. The zero-order valence-corrected chi connectivity index (χ0v) is 21.9. The Balaban J connectivity index is 1.44. The van der Waals surface area contributed by atoms with E-state index in [4.69, 9.17) is 9.47 Å². The van der Waals surface area contributed by atoms with E-state index in [1.54, 1.807) is 6.08 Å². The van der Waals surface area contributed by atoms with Gasteiger partial charge in [-0.15, -0.1) is 0 Å². The number of rotatable bonds is 7. The van der Waals surface area contributed by atoms with Crippen LogP contribution in [0.5, 0.6) is 11.5 Å². The van der Waals surface area contributed by atoms with Gasteiger partial charge in [-0.05, 0) is 42.6 Å². The van der Waals surface area contributed by atoms with E-state index in [9.17, 15) is 39.7 Å². The Morgan fingerprint density at radius 1 is 1.18 bits per heavy atom. The van der Waals surface area contributed by atoms with Crippen LogP contribution in [-0.4, -0.2) is 53.4 Å². The number of fused-ring (bicyclic) bond motifs is 1. The second-order valence-electron chi connectivity index (χ2n) is 9.76. The van der Waals surface area contributed by atoms with Crippen molar-refractivity contribution in [1.82, 2.24) is 9.62 Å². The molecule has 0 saturated carbocycles.